The van der Waals surface area contributed by atoms with Gasteiger partial charge in [-0.3, -0.25) is 14.6 Å². The zero-order chi connectivity index (χ0) is 20.3. The number of hydrogen-bond acceptors (Lipinski definition) is 3. The van der Waals surface area contributed by atoms with Crippen LogP contribution < -0.4 is 0 Å². The third-order valence-corrected chi connectivity index (χ3v) is 6.41. The van der Waals surface area contributed by atoms with E-state index in [9.17, 15) is 9.59 Å². The summed E-state index contributed by atoms with van der Waals surface area (Å²) in [6, 6.07) is 14.2. The predicted molar refractivity (Wildman–Crippen MR) is 113 cm³/mol. The van der Waals surface area contributed by atoms with Crippen molar-refractivity contribution < 1.29 is 9.59 Å². The molecule has 3 heterocycles. The molecule has 4 rings (SSSR count). The molecule has 0 saturated carbocycles. The SMILES string of the molecule is Cc1ccc(C(=O)N2CCC3(CC2)CC(=O)N(CCCc2ccccc2)C3)cn1. The molecule has 1 spiro atoms. The van der Waals surface area contributed by atoms with Gasteiger partial charge in [0.15, 0.2) is 0 Å². The average Bonchev–Trinajstić information content (AvgIpc) is 3.04. The van der Waals surface area contributed by atoms with Crippen molar-refractivity contribution in [2.24, 2.45) is 5.41 Å². The lowest BCUT2D eigenvalue weighted by Gasteiger charge is -2.38. The summed E-state index contributed by atoms with van der Waals surface area (Å²) in [6.45, 7) is 5.03. The molecule has 29 heavy (non-hydrogen) atoms. The Kier molecular flexibility index (Phi) is 5.65. The lowest BCUT2D eigenvalue weighted by molar-refractivity contribution is -0.127. The van der Waals surface area contributed by atoms with Crippen molar-refractivity contribution in [1.29, 1.82) is 0 Å². The zero-order valence-electron chi connectivity index (χ0n) is 17.1. The number of amides is 2. The van der Waals surface area contributed by atoms with Gasteiger partial charge >= 0.3 is 0 Å². The normalized spacial score (nSPS) is 18.4. The summed E-state index contributed by atoms with van der Waals surface area (Å²) >= 11 is 0. The third-order valence-electron chi connectivity index (χ3n) is 6.41. The maximum Gasteiger partial charge on any atom is 0.255 e. The number of pyridine rings is 1. The highest BCUT2D eigenvalue weighted by atomic mass is 16.2. The minimum Gasteiger partial charge on any atom is -0.342 e. The second-order valence-electron chi connectivity index (χ2n) is 8.56. The molecule has 2 amide bonds. The van der Waals surface area contributed by atoms with Gasteiger partial charge in [-0.15, -0.1) is 0 Å². The highest BCUT2D eigenvalue weighted by Crippen LogP contribution is 2.41. The van der Waals surface area contributed by atoms with Crippen molar-refractivity contribution in [2.45, 2.75) is 39.0 Å². The molecule has 2 aliphatic heterocycles. The van der Waals surface area contributed by atoms with Crippen molar-refractivity contribution in [3.05, 3.63) is 65.5 Å². The van der Waals surface area contributed by atoms with Crippen molar-refractivity contribution in [3.8, 4) is 0 Å². The number of rotatable bonds is 5. The highest BCUT2D eigenvalue weighted by molar-refractivity contribution is 5.94. The lowest BCUT2D eigenvalue weighted by Crippen LogP contribution is -2.44. The van der Waals surface area contributed by atoms with Crippen LogP contribution in [0.25, 0.3) is 0 Å². The Bertz CT molecular complexity index is 855. The molecule has 2 aliphatic rings. The van der Waals surface area contributed by atoms with Gasteiger partial charge in [-0.05, 0) is 50.3 Å². The number of carbonyl (C=O) groups is 2. The van der Waals surface area contributed by atoms with E-state index in [1.54, 1.807) is 6.20 Å². The highest BCUT2D eigenvalue weighted by Gasteiger charge is 2.45. The van der Waals surface area contributed by atoms with Crippen molar-refractivity contribution >= 4 is 11.8 Å². The maximum atomic E-state index is 12.7. The summed E-state index contributed by atoms with van der Waals surface area (Å²) in [4.78, 5) is 33.5. The Morgan fingerprint density at radius 2 is 1.86 bits per heavy atom. The van der Waals surface area contributed by atoms with Crippen LogP contribution in [-0.4, -0.2) is 52.8 Å². The lowest BCUT2D eigenvalue weighted by atomic mass is 9.77. The summed E-state index contributed by atoms with van der Waals surface area (Å²) < 4.78 is 0. The Balaban J connectivity index is 1.28. The fourth-order valence-electron chi connectivity index (χ4n) is 4.60. The number of likely N-dealkylation sites (tertiary alicyclic amines) is 2. The van der Waals surface area contributed by atoms with E-state index in [0.717, 1.165) is 57.6 Å². The Morgan fingerprint density at radius 3 is 2.55 bits per heavy atom. The van der Waals surface area contributed by atoms with Crippen LogP contribution in [0.5, 0.6) is 0 Å². The maximum absolute atomic E-state index is 12.7. The van der Waals surface area contributed by atoms with Gasteiger partial charge in [0.2, 0.25) is 5.91 Å². The minimum atomic E-state index is 0.0478. The van der Waals surface area contributed by atoms with Gasteiger partial charge in [-0.2, -0.15) is 0 Å². The van der Waals surface area contributed by atoms with Gasteiger partial charge in [0.05, 0.1) is 5.56 Å². The fraction of sp³-hybridized carbons (Fsp3) is 0.458. The predicted octanol–water partition coefficient (Wildman–Crippen LogP) is 3.48. The van der Waals surface area contributed by atoms with Crippen molar-refractivity contribution in [3.63, 3.8) is 0 Å². The van der Waals surface area contributed by atoms with Crippen LogP contribution in [0, 0.1) is 12.3 Å². The summed E-state index contributed by atoms with van der Waals surface area (Å²) in [6.07, 6.45) is 6.10. The molecule has 0 atom stereocenters. The molecule has 0 unspecified atom stereocenters. The topological polar surface area (TPSA) is 53.5 Å². The number of benzene rings is 1. The van der Waals surface area contributed by atoms with E-state index in [4.69, 9.17) is 0 Å². The van der Waals surface area contributed by atoms with Gasteiger partial charge in [-0.25, -0.2) is 0 Å². The molecule has 152 valence electrons. The first-order valence-corrected chi connectivity index (χ1v) is 10.6. The molecule has 5 nitrogen and oxygen atoms in total. The summed E-state index contributed by atoms with van der Waals surface area (Å²) in [5.41, 5.74) is 2.94. The van der Waals surface area contributed by atoms with Crippen LogP contribution in [0.4, 0.5) is 0 Å². The number of hydrogen-bond donors (Lipinski definition) is 0. The van der Waals surface area contributed by atoms with E-state index in [1.807, 2.05) is 34.9 Å². The molecule has 2 saturated heterocycles. The summed E-state index contributed by atoms with van der Waals surface area (Å²) in [7, 11) is 0. The molecule has 1 aromatic carbocycles. The van der Waals surface area contributed by atoms with E-state index in [1.165, 1.54) is 5.56 Å². The van der Waals surface area contributed by atoms with Crippen molar-refractivity contribution in [1.82, 2.24) is 14.8 Å². The molecule has 0 aliphatic carbocycles. The second-order valence-corrected chi connectivity index (χ2v) is 8.56. The summed E-state index contributed by atoms with van der Waals surface area (Å²) in [5, 5.41) is 0. The first-order chi connectivity index (χ1) is 14.0. The first-order valence-electron chi connectivity index (χ1n) is 10.6. The number of aryl methyl sites for hydroxylation is 2. The fourth-order valence-corrected chi connectivity index (χ4v) is 4.60. The van der Waals surface area contributed by atoms with Crippen LogP contribution in [0.3, 0.4) is 0 Å². The molecule has 5 heteroatoms. The van der Waals surface area contributed by atoms with E-state index in [2.05, 4.69) is 29.2 Å². The Hall–Kier alpha value is -2.69. The molecule has 2 aromatic rings. The minimum absolute atomic E-state index is 0.0478. The van der Waals surface area contributed by atoms with E-state index in [-0.39, 0.29) is 17.2 Å². The van der Waals surface area contributed by atoms with Gasteiger partial charge < -0.3 is 9.80 Å². The number of nitrogens with zero attached hydrogens (tertiary/aromatic N) is 3. The molecule has 0 bridgehead atoms. The standard InChI is InChI=1S/C24H29N3O2/c1-19-9-10-21(17-25-19)23(29)26-14-11-24(12-15-26)16-22(28)27(18-24)13-5-8-20-6-3-2-4-7-20/h2-4,6-7,9-10,17H,5,8,11-16,18H2,1H3. The second kappa shape index (κ2) is 8.36. The van der Waals surface area contributed by atoms with E-state index < -0.39 is 0 Å². The van der Waals surface area contributed by atoms with Crippen LogP contribution in [-0.2, 0) is 11.2 Å². The van der Waals surface area contributed by atoms with Gasteiger partial charge in [0.1, 0.15) is 0 Å². The molecular weight excluding hydrogens is 362 g/mol. The Labute approximate surface area is 172 Å². The molecule has 0 radical (unpaired) electrons. The zero-order valence-corrected chi connectivity index (χ0v) is 17.1. The molecule has 0 N–H and O–H groups in total. The molecule has 1 aromatic heterocycles. The summed E-state index contributed by atoms with van der Waals surface area (Å²) in [5.74, 6) is 0.331. The molecular formula is C24H29N3O2. The average molecular weight is 392 g/mol. The van der Waals surface area contributed by atoms with Crippen LogP contribution in [0.15, 0.2) is 48.7 Å². The first kappa shape index (κ1) is 19.6. The number of carbonyl (C=O) groups excluding carboxylic acids is 2. The molecule has 2 fully saturated rings. The van der Waals surface area contributed by atoms with Crippen LogP contribution >= 0.6 is 0 Å². The largest absolute Gasteiger partial charge is 0.342 e. The Morgan fingerprint density at radius 1 is 1.10 bits per heavy atom. The van der Waals surface area contributed by atoms with E-state index in [0.29, 0.717) is 12.0 Å². The van der Waals surface area contributed by atoms with Gasteiger partial charge in [0, 0.05) is 49.9 Å². The smallest absolute Gasteiger partial charge is 0.255 e. The third kappa shape index (κ3) is 4.50. The van der Waals surface area contributed by atoms with Crippen LogP contribution in [0.2, 0.25) is 0 Å². The van der Waals surface area contributed by atoms with Gasteiger partial charge in [0.25, 0.3) is 5.91 Å². The van der Waals surface area contributed by atoms with Crippen molar-refractivity contribution in [2.75, 3.05) is 26.2 Å². The number of piperidine rings is 1. The van der Waals surface area contributed by atoms with Gasteiger partial charge in [-0.1, -0.05) is 30.3 Å². The van der Waals surface area contributed by atoms with Crippen LogP contribution in [0.1, 0.15) is 47.3 Å². The number of aromatic nitrogens is 1. The van der Waals surface area contributed by atoms with E-state index >= 15 is 0 Å². The monoisotopic (exact) mass is 391 g/mol. The quantitative estimate of drug-likeness (QED) is 0.784.